The molecule has 8 N–H and O–H groups in total. The monoisotopic (exact) mass is 1720 g/mol. The number of benzene rings is 5. The lowest BCUT2D eigenvalue weighted by Crippen LogP contribution is -2.37. The van der Waals surface area contributed by atoms with Crippen LogP contribution in [0.15, 0.2) is 133 Å². The Bertz CT molecular complexity index is 5320. The van der Waals surface area contributed by atoms with Gasteiger partial charge < -0.3 is 56.6 Å². The van der Waals surface area contributed by atoms with Crippen LogP contribution in [-0.2, 0) is 105 Å². The van der Waals surface area contributed by atoms with Crippen LogP contribution in [0.1, 0.15) is 216 Å². The third kappa shape index (κ3) is 23.8. The van der Waals surface area contributed by atoms with Crippen LogP contribution < -0.4 is 61.5 Å². The number of ether oxygens (including phenoxy) is 4. The lowest BCUT2D eigenvalue weighted by molar-refractivity contribution is -0.118. The number of nitrogens with two attached hydrogens (primary N) is 4. The SMILES string of the molecule is C=C1Cc2c(N)nc(OCCCC)nc2N(Cc2ccc(-c3ccc(CN4CCCC4)cc3)cc2)C1=O.C=C1Cc2c(N)nc(OCCCC)nc2N(Cc2cccc(CN3C(C)CCC3C)c2)C1.CCCCOc1nc(N)c2c(n1)N(Cc1ccc3c(c1)CCCC3)CC(=O)C2.CCCCOc1nc(N)c2c(n1)N(Cc1ccc3c(c1)CCN(CC)C3)CC(=O)C2. The van der Waals surface area contributed by atoms with E-state index in [9.17, 15) is 14.4 Å². The van der Waals surface area contributed by atoms with Crippen molar-refractivity contribution in [3.63, 3.8) is 0 Å². The third-order valence-corrected chi connectivity index (χ3v) is 25.3. The summed E-state index contributed by atoms with van der Waals surface area (Å²) in [5, 5.41) is 0. The van der Waals surface area contributed by atoms with Crippen molar-refractivity contribution in [2.45, 2.75) is 241 Å². The van der Waals surface area contributed by atoms with Crippen LogP contribution in [-0.4, -0.2) is 156 Å². The predicted octanol–water partition coefficient (Wildman–Crippen LogP) is 15.9. The van der Waals surface area contributed by atoms with E-state index < -0.39 is 0 Å². The minimum Gasteiger partial charge on any atom is -0.463 e. The van der Waals surface area contributed by atoms with Gasteiger partial charge in [0.2, 0.25) is 0 Å². The lowest BCUT2D eigenvalue weighted by Gasteiger charge is -2.32. The molecule has 0 radical (unpaired) electrons. The molecule has 9 aromatic rings. The van der Waals surface area contributed by atoms with E-state index in [2.05, 4.69) is 225 Å². The first kappa shape index (κ1) is 91.6. The van der Waals surface area contributed by atoms with E-state index in [1.807, 2.05) is 9.80 Å². The van der Waals surface area contributed by atoms with Crippen LogP contribution in [0.5, 0.6) is 24.0 Å². The topological polar surface area (TPSA) is 318 Å². The van der Waals surface area contributed by atoms with Crippen LogP contribution in [0.4, 0.5) is 46.5 Å². The van der Waals surface area contributed by atoms with Gasteiger partial charge in [0.05, 0.1) is 46.1 Å². The lowest BCUT2D eigenvalue weighted by atomic mass is 9.90. The first-order valence-corrected chi connectivity index (χ1v) is 46.5. The Kier molecular flexibility index (Phi) is 31.5. The first-order chi connectivity index (χ1) is 61.7. The number of aryl methyl sites for hydroxylation is 2. The summed E-state index contributed by atoms with van der Waals surface area (Å²) in [7, 11) is 0. The van der Waals surface area contributed by atoms with E-state index in [1.54, 1.807) is 4.90 Å². The molecule has 0 saturated carbocycles. The Labute approximate surface area is 750 Å². The number of Topliss-reactive ketones (excluding diaryl/α,β-unsaturated/α-hetero) is 2. The fraction of sp³-hybridized carbons (Fsp3) is 0.475. The molecule has 26 nitrogen and oxygen atoms in total. The predicted molar refractivity (Wildman–Crippen MR) is 506 cm³/mol. The van der Waals surface area contributed by atoms with E-state index in [0.717, 1.165) is 167 Å². The maximum atomic E-state index is 13.1. The van der Waals surface area contributed by atoms with Crippen molar-refractivity contribution in [1.82, 2.24) is 54.6 Å². The van der Waals surface area contributed by atoms with E-state index in [-0.39, 0.29) is 36.3 Å². The van der Waals surface area contributed by atoms with Crippen LogP contribution in [0.25, 0.3) is 11.1 Å². The summed E-state index contributed by atoms with van der Waals surface area (Å²) in [4.78, 5) is 89.1. The number of hydrogen-bond acceptors (Lipinski definition) is 25. The summed E-state index contributed by atoms with van der Waals surface area (Å²) in [5.41, 5.74) is 45.0. The molecule has 672 valence electrons. The largest absolute Gasteiger partial charge is 0.463 e. The number of nitrogen functional groups attached to an aromatic ring is 4. The first-order valence-electron chi connectivity index (χ1n) is 46.5. The summed E-state index contributed by atoms with van der Waals surface area (Å²) < 4.78 is 22.8. The number of amides is 1. The van der Waals surface area contributed by atoms with Crippen LogP contribution in [0.3, 0.4) is 0 Å². The van der Waals surface area contributed by atoms with Crippen molar-refractivity contribution in [3.05, 3.63) is 211 Å². The number of likely N-dealkylation sites (tertiary alicyclic amines) is 2. The summed E-state index contributed by atoms with van der Waals surface area (Å²) in [6.45, 7) is 37.2. The highest BCUT2D eigenvalue weighted by molar-refractivity contribution is 6.08. The molecule has 2 saturated heterocycles. The number of hydrogen-bond donors (Lipinski definition) is 4. The summed E-state index contributed by atoms with van der Waals surface area (Å²) in [5.74, 6) is 4.49. The van der Waals surface area contributed by atoms with Gasteiger partial charge in [0.15, 0.2) is 11.6 Å². The average Bonchev–Trinajstić information content (AvgIpc) is 1.63. The van der Waals surface area contributed by atoms with Gasteiger partial charge in [-0.2, -0.15) is 39.9 Å². The Hall–Kier alpha value is -11.6. The van der Waals surface area contributed by atoms with Gasteiger partial charge in [-0.15, -0.1) is 0 Å². The molecule has 17 rings (SSSR count). The number of likely N-dealkylation sites (N-methyl/N-ethyl adjacent to an activating group) is 1. The number of nitrogens with zero attached hydrogens (tertiary/aromatic N) is 15. The molecule has 0 bridgehead atoms. The maximum Gasteiger partial charge on any atom is 0.320 e. The smallest absolute Gasteiger partial charge is 0.320 e. The normalized spacial score (nSPS) is 17.3. The van der Waals surface area contributed by atoms with Crippen molar-refractivity contribution in [2.24, 2.45) is 0 Å². The second-order valence-electron chi connectivity index (χ2n) is 35.4. The van der Waals surface area contributed by atoms with Gasteiger partial charge >= 0.3 is 24.0 Å². The van der Waals surface area contributed by atoms with Crippen molar-refractivity contribution >= 4 is 64.0 Å². The molecule has 127 heavy (non-hydrogen) atoms. The Morgan fingerprint density at radius 1 is 0.386 bits per heavy atom. The summed E-state index contributed by atoms with van der Waals surface area (Å²) in [6.07, 6.45) is 20.6. The van der Waals surface area contributed by atoms with E-state index in [4.69, 9.17) is 46.9 Å². The highest BCUT2D eigenvalue weighted by atomic mass is 16.5. The molecule has 26 heteroatoms. The molecule has 2 fully saturated rings. The molecule has 2 unspecified atom stereocenters. The van der Waals surface area contributed by atoms with Gasteiger partial charge in [0, 0.05) is 118 Å². The van der Waals surface area contributed by atoms with Gasteiger partial charge in [0.25, 0.3) is 5.91 Å². The molecule has 4 aromatic heterocycles. The van der Waals surface area contributed by atoms with E-state index in [0.29, 0.717) is 136 Å². The number of rotatable bonds is 30. The minimum atomic E-state index is -0.150. The molecule has 0 spiro atoms. The maximum absolute atomic E-state index is 13.1. The number of ketones is 2. The Morgan fingerprint density at radius 2 is 0.795 bits per heavy atom. The standard InChI is InChI=1S/C30H35N5O2.C26H37N5O.C23H31N5O2.C22H28N4O2/c1-3-4-17-37-30-32-27(31)26-18-21(2)29(36)35(28(26)33-30)20-23-9-13-25(14-10-23)24-11-7-22(8-12-24)19-34-15-5-6-16-34;1-5-6-12-32-26-28-24(27)23-13-18(2)15-30(25(23)29-26)16-21-8-7-9-22(14-21)17-31-19(3)10-11-20(31)4;1-3-5-10-30-23-25-21(24)20-12-19(29)15-28(22(20)26-23)13-16-6-7-18-14-27(4-2)9-8-17(18)11-16;1-2-3-10-28-22-24-20(23)19-12-18(27)14-26(21(19)25-22)13-15-8-9-16-6-4-5-7-17(16)11-15/h7-14H,2-6,15-20H2,1H3,(H2,31,32,33);7-9,14,19-20H,2,5-6,10-13,15-17H2,1,3-4H3,(H2,27,28,29);6-7,11H,3-5,8-10,12-15H2,1-2H3,(H2,24,25,26);8-9,11H,2-7,10,12-14H2,1H3,(H2,23,24,25). The van der Waals surface area contributed by atoms with Crippen molar-refractivity contribution < 1.29 is 33.3 Å². The van der Waals surface area contributed by atoms with Gasteiger partial charge in [-0.25, -0.2) is 0 Å². The van der Waals surface area contributed by atoms with Crippen molar-refractivity contribution in [3.8, 4) is 35.2 Å². The Balaban J connectivity index is 0.000000138. The number of carbonyl (C=O) groups is 3. The fourth-order valence-electron chi connectivity index (χ4n) is 18.1. The van der Waals surface area contributed by atoms with Crippen molar-refractivity contribution in [1.29, 1.82) is 0 Å². The fourth-order valence-corrected chi connectivity index (χ4v) is 18.1. The average molecular weight is 1720 g/mol. The van der Waals surface area contributed by atoms with E-state index >= 15 is 0 Å². The second-order valence-corrected chi connectivity index (χ2v) is 35.4. The van der Waals surface area contributed by atoms with Gasteiger partial charge in [0.1, 0.15) is 46.5 Å². The number of aromatic nitrogens is 8. The van der Waals surface area contributed by atoms with Gasteiger partial charge in [-0.3, -0.25) is 34.0 Å². The number of fused-ring (bicyclic) bond motifs is 6. The molecule has 8 aliphatic rings. The van der Waals surface area contributed by atoms with Crippen LogP contribution >= 0.6 is 0 Å². The van der Waals surface area contributed by atoms with Crippen molar-refractivity contribution in [2.75, 3.05) is 115 Å². The quantitative estimate of drug-likeness (QED) is 0.0185. The minimum absolute atomic E-state index is 0.133. The van der Waals surface area contributed by atoms with Gasteiger partial charge in [-0.1, -0.05) is 188 Å². The number of anilines is 8. The molecule has 5 aromatic carbocycles. The summed E-state index contributed by atoms with van der Waals surface area (Å²) in [6, 6.07) is 41.9. The Morgan fingerprint density at radius 3 is 1.28 bits per heavy atom. The molecule has 1 aliphatic carbocycles. The molecular formula is C101H131N19O7. The van der Waals surface area contributed by atoms with Crippen LogP contribution in [0, 0.1) is 0 Å². The van der Waals surface area contributed by atoms with E-state index in [1.165, 1.54) is 114 Å². The molecule has 1 amide bonds. The zero-order valence-electron chi connectivity index (χ0n) is 75.9. The molecule has 2 atom stereocenters. The number of carbonyl (C=O) groups excluding carboxylic acids is 3. The van der Waals surface area contributed by atoms with Gasteiger partial charge in [-0.05, 0) is 184 Å². The number of unbranched alkanes of at least 4 members (excludes halogenated alkanes) is 4. The molecule has 7 aliphatic heterocycles. The third-order valence-electron chi connectivity index (χ3n) is 25.3. The highest BCUT2D eigenvalue weighted by Crippen LogP contribution is 2.39. The molecular weight excluding hydrogens is 1590 g/mol. The second kappa shape index (κ2) is 43.7. The molecule has 11 heterocycles. The highest BCUT2D eigenvalue weighted by Gasteiger charge is 2.35. The summed E-state index contributed by atoms with van der Waals surface area (Å²) >= 11 is 0. The zero-order valence-corrected chi connectivity index (χ0v) is 75.9. The van der Waals surface area contributed by atoms with Crippen LogP contribution in [0.2, 0.25) is 0 Å². The zero-order chi connectivity index (χ0) is 89.0.